The minimum absolute atomic E-state index is 0. The second kappa shape index (κ2) is 5.60. The molecule has 0 radical (unpaired) electrons. The summed E-state index contributed by atoms with van der Waals surface area (Å²) in [6.45, 7) is 2.28. The highest BCUT2D eigenvalue weighted by atomic mass is 35.5. The molecule has 1 saturated carbocycles. The summed E-state index contributed by atoms with van der Waals surface area (Å²) < 4.78 is 0. The highest BCUT2D eigenvalue weighted by Gasteiger charge is 2.45. The quantitative estimate of drug-likeness (QED) is 0.892. The molecule has 1 saturated heterocycles. The summed E-state index contributed by atoms with van der Waals surface area (Å²) >= 11 is 0. The van der Waals surface area contributed by atoms with E-state index in [1.807, 2.05) is 0 Å². The molecule has 2 aliphatic rings. The van der Waals surface area contributed by atoms with E-state index < -0.39 is 0 Å². The zero-order valence-electron chi connectivity index (χ0n) is 10.8. The fourth-order valence-electron chi connectivity index (χ4n) is 3.43. The van der Waals surface area contributed by atoms with Crippen LogP contribution in [0.15, 0.2) is 30.3 Å². The third-order valence-electron chi connectivity index (χ3n) is 4.58. The molecule has 0 bridgehead atoms. The van der Waals surface area contributed by atoms with Crippen molar-refractivity contribution in [2.24, 2.45) is 5.73 Å². The van der Waals surface area contributed by atoms with Crippen LogP contribution in [-0.2, 0) is 6.54 Å². The summed E-state index contributed by atoms with van der Waals surface area (Å²) in [6.07, 6.45) is 6.47. The number of likely N-dealkylation sites (tertiary alicyclic amines) is 1. The van der Waals surface area contributed by atoms with Crippen LogP contribution >= 0.6 is 12.4 Å². The van der Waals surface area contributed by atoms with Crippen LogP contribution in [0, 0.1) is 0 Å². The van der Waals surface area contributed by atoms with Crippen LogP contribution in [0.1, 0.15) is 37.7 Å². The first-order chi connectivity index (χ1) is 8.28. The van der Waals surface area contributed by atoms with E-state index >= 15 is 0 Å². The maximum absolute atomic E-state index is 6.15. The van der Waals surface area contributed by atoms with E-state index in [4.69, 9.17) is 5.73 Å². The molecular weight excluding hydrogens is 244 g/mol. The second-order valence-electron chi connectivity index (χ2n) is 5.74. The molecule has 0 amide bonds. The molecule has 1 aliphatic heterocycles. The molecule has 0 aromatic heterocycles. The van der Waals surface area contributed by atoms with E-state index in [0.29, 0.717) is 11.6 Å². The van der Waals surface area contributed by atoms with Gasteiger partial charge >= 0.3 is 0 Å². The van der Waals surface area contributed by atoms with Crippen molar-refractivity contribution >= 4 is 12.4 Å². The van der Waals surface area contributed by atoms with E-state index in [2.05, 4.69) is 35.2 Å². The maximum Gasteiger partial charge on any atom is 0.0239 e. The number of piperidine rings is 1. The highest BCUT2D eigenvalue weighted by molar-refractivity contribution is 5.85. The highest BCUT2D eigenvalue weighted by Crippen LogP contribution is 2.44. The van der Waals surface area contributed by atoms with Gasteiger partial charge in [0.05, 0.1) is 0 Å². The summed E-state index contributed by atoms with van der Waals surface area (Å²) in [5.41, 5.74) is 8.04. The first-order valence-electron chi connectivity index (χ1n) is 6.83. The predicted octanol–water partition coefficient (Wildman–Crippen LogP) is 2.95. The monoisotopic (exact) mass is 266 g/mol. The van der Waals surface area contributed by atoms with Gasteiger partial charge in [0.1, 0.15) is 0 Å². The zero-order chi connectivity index (χ0) is 11.7. The van der Waals surface area contributed by atoms with Gasteiger partial charge in [-0.2, -0.15) is 0 Å². The lowest BCUT2D eigenvalue weighted by molar-refractivity contribution is -0.0295. The Morgan fingerprint density at radius 3 is 2.56 bits per heavy atom. The molecule has 2 nitrogen and oxygen atoms in total. The molecule has 2 fully saturated rings. The Morgan fingerprint density at radius 2 is 1.94 bits per heavy atom. The molecule has 1 aromatic rings. The lowest BCUT2D eigenvalue weighted by Crippen LogP contribution is -2.60. The largest absolute Gasteiger partial charge is 0.328 e. The Balaban J connectivity index is 0.00000120. The number of halogens is 1. The SMILES string of the molecule is Cl.NC1CCN(Cc2ccccc2)C2(CCC2)C1. The van der Waals surface area contributed by atoms with Gasteiger partial charge < -0.3 is 5.73 Å². The number of benzene rings is 1. The fourth-order valence-corrected chi connectivity index (χ4v) is 3.43. The minimum atomic E-state index is 0. The Kier molecular flexibility index (Phi) is 4.31. The van der Waals surface area contributed by atoms with Crippen molar-refractivity contribution < 1.29 is 0 Å². The van der Waals surface area contributed by atoms with Gasteiger partial charge in [0, 0.05) is 24.7 Å². The van der Waals surface area contributed by atoms with Crippen LogP contribution in [0.4, 0.5) is 0 Å². The molecule has 3 rings (SSSR count). The van der Waals surface area contributed by atoms with Gasteiger partial charge in [0.2, 0.25) is 0 Å². The molecule has 1 aliphatic carbocycles. The third kappa shape index (κ3) is 2.56. The topological polar surface area (TPSA) is 29.3 Å². The average molecular weight is 267 g/mol. The van der Waals surface area contributed by atoms with Crippen molar-refractivity contribution in [1.82, 2.24) is 4.90 Å². The fraction of sp³-hybridized carbons (Fsp3) is 0.600. The number of hydrogen-bond donors (Lipinski definition) is 1. The number of hydrogen-bond acceptors (Lipinski definition) is 2. The molecular formula is C15H23ClN2. The molecule has 3 heteroatoms. The van der Waals surface area contributed by atoms with Gasteiger partial charge in [0.25, 0.3) is 0 Å². The summed E-state index contributed by atoms with van der Waals surface area (Å²) in [6, 6.07) is 11.3. The van der Waals surface area contributed by atoms with E-state index in [9.17, 15) is 0 Å². The Labute approximate surface area is 116 Å². The lowest BCUT2D eigenvalue weighted by atomic mass is 9.69. The zero-order valence-corrected chi connectivity index (χ0v) is 11.7. The van der Waals surface area contributed by atoms with Gasteiger partial charge in [-0.1, -0.05) is 30.3 Å². The van der Waals surface area contributed by atoms with Crippen LogP contribution in [0.25, 0.3) is 0 Å². The second-order valence-corrected chi connectivity index (χ2v) is 5.74. The first kappa shape index (κ1) is 13.9. The van der Waals surface area contributed by atoms with Crippen molar-refractivity contribution in [1.29, 1.82) is 0 Å². The van der Waals surface area contributed by atoms with Gasteiger partial charge in [-0.05, 0) is 37.7 Å². The molecule has 1 atom stereocenters. The van der Waals surface area contributed by atoms with Crippen molar-refractivity contribution in [3.8, 4) is 0 Å². The summed E-state index contributed by atoms with van der Waals surface area (Å²) in [7, 11) is 0. The molecule has 1 spiro atoms. The average Bonchev–Trinajstić information content (AvgIpc) is 2.31. The van der Waals surface area contributed by atoms with Gasteiger partial charge in [-0.25, -0.2) is 0 Å². The van der Waals surface area contributed by atoms with E-state index in [1.54, 1.807) is 0 Å². The first-order valence-corrected chi connectivity index (χ1v) is 6.83. The van der Waals surface area contributed by atoms with Gasteiger partial charge in [-0.3, -0.25) is 4.90 Å². The van der Waals surface area contributed by atoms with Crippen molar-refractivity contribution in [2.45, 2.75) is 50.2 Å². The van der Waals surface area contributed by atoms with Gasteiger partial charge in [-0.15, -0.1) is 12.4 Å². The maximum atomic E-state index is 6.15. The summed E-state index contributed by atoms with van der Waals surface area (Å²) in [5, 5.41) is 0. The minimum Gasteiger partial charge on any atom is -0.328 e. The molecule has 1 heterocycles. The molecule has 1 aromatic carbocycles. The Morgan fingerprint density at radius 1 is 1.22 bits per heavy atom. The van der Waals surface area contributed by atoms with Crippen molar-refractivity contribution in [3.63, 3.8) is 0 Å². The van der Waals surface area contributed by atoms with E-state index in [1.165, 1.54) is 37.8 Å². The Bertz CT molecular complexity index is 375. The van der Waals surface area contributed by atoms with Crippen molar-refractivity contribution in [2.75, 3.05) is 6.54 Å². The van der Waals surface area contributed by atoms with Crippen LogP contribution in [0.3, 0.4) is 0 Å². The van der Waals surface area contributed by atoms with E-state index in [0.717, 1.165) is 13.0 Å². The number of nitrogens with two attached hydrogens (primary N) is 1. The lowest BCUT2D eigenvalue weighted by Gasteiger charge is -2.55. The van der Waals surface area contributed by atoms with Crippen LogP contribution in [-0.4, -0.2) is 23.0 Å². The van der Waals surface area contributed by atoms with Crippen molar-refractivity contribution in [3.05, 3.63) is 35.9 Å². The smallest absolute Gasteiger partial charge is 0.0239 e. The molecule has 1 unspecified atom stereocenters. The summed E-state index contributed by atoms with van der Waals surface area (Å²) in [4.78, 5) is 2.69. The third-order valence-corrected chi connectivity index (χ3v) is 4.58. The van der Waals surface area contributed by atoms with Crippen LogP contribution < -0.4 is 5.73 Å². The predicted molar refractivity (Wildman–Crippen MR) is 77.9 cm³/mol. The number of rotatable bonds is 2. The molecule has 18 heavy (non-hydrogen) atoms. The summed E-state index contributed by atoms with van der Waals surface area (Å²) in [5.74, 6) is 0. The molecule has 2 N–H and O–H groups in total. The van der Waals surface area contributed by atoms with Crippen LogP contribution in [0.5, 0.6) is 0 Å². The standard InChI is InChI=1S/C15H22N2.ClH/c16-14-7-10-17(15(11-14)8-4-9-15)12-13-5-2-1-3-6-13;/h1-3,5-6,14H,4,7-12,16H2;1H. The molecule has 100 valence electrons. The number of nitrogens with zero attached hydrogens (tertiary/aromatic N) is 1. The van der Waals surface area contributed by atoms with Gasteiger partial charge in [0.15, 0.2) is 0 Å². The normalized spacial score (nSPS) is 26.4. The van der Waals surface area contributed by atoms with E-state index in [-0.39, 0.29) is 12.4 Å². The Hall–Kier alpha value is -0.570. The van der Waals surface area contributed by atoms with Crippen LogP contribution in [0.2, 0.25) is 0 Å².